The van der Waals surface area contributed by atoms with Gasteiger partial charge in [0.05, 0.1) is 6.04 Å². The number of carbonyl (C=O) groups is 1. The minimum absolute atomic E-state index is 0.286. The van der Waals surface area contributed by atoms with Crippen LogP contribution in [0.4, 0.5) is 0 Å². The van der Waals surface area contributed by atoms with Gasteiger partial charge in [-0.25, -0.2) is 8.42 Å². The van der Waals surface area contributed by atoms with Crippen LogP contribution in [0.3, 0.4) is 0 Å². The van der Waals surface area contributed by atoms with Crippen molar-refractivity contribution in [3.05, 3.63) is 0 Å². The Labute approximate surface area is 94.3 Å². The number of amides is 1. The van der Waals surface area contributed by atoms with E-state index in [4.69, 9.17) is 5.73 Å². The van der Waals surface area contributed by atoms with Crippen LogP contribution < -0.4 is 5.73 Å². The summed E-state index contributed by atoms with van der Waals surface area (Å²) < 4.78 is 23.0. The minimum Gasteiger partial charge on any atom is -0.323 e. The lowest BCUT2D eigenvalue weighted by Gasteiger charge is -2.35. The molecule has 1 aliphatic rings. The Morgan fingerprint density at radius 2 is 2.20 bits per heavy atom. The largest absolute Gasteiger partial charge is 0.323 e. The first kappa shape index (κ1) is 12.8. The summed E-state index contributed by atoms with van der Waals surface area (Å²) in [4.78, 5) is 13.1. The molecule has 0 bridgehead atoms. The van der Waals surface area contributed by atoms with Gasteiger partial charge in [0, 0.05) is 24.3 Å². The van der Waals surface area contributed by atoms with E-state index in [1.807, 2.05) is 0 Å². The average molecular weight is 252 g/mol. The van der Waals surface area contributed by atoms with Crippen LogP contribution in [0.15, 0.2) is 0 Å². The van der Waals surface area contributed by atoms with Crippen molar-refractivity contribution in [3.63, 3.8) is 0 Å². The Kier molecular flexibility index (Phi) is 4.02. The van der Waals surface area contributed by atoms with E-state index in [0.29, 0.717) is 12.3 Å². The fourth-order valence-corrected chi connectivity index (χ4v) is 4.27. The second-order valence-electron chi connectivity index (χ2n) is 3.68. The zero-order valence-corrected chi connectivity index (χ0v) is 10.5. The van der Waals surface area contributed by atoms with Crippen LogP contribution in [-0.4, -0.2) is 54.9 Å². The lowest BCUT2D eigenvalue weighted by Crippen LogP contribution is -2.54. The summed E-state index contributed by atoms with van der Waals surface area (Å²) >= 11 is 1.55. The van der Waals surface area contributed by atoms with Gasteiger partial charge >= 0.3 is 0 Å². The smallest absolute Gasteiger partial charge is 0.240 e. The van der Waals surface area contributed by atoms with Gasteiger partial charge in [0.1, 0.15) is 5.37 Å². The van der Waals surface area contributed by atoms with Gasteiger partial charge in [0.15, 0.2) is 9.84 Å². The SMILES string of the molecule is C[C@H](N)C(=O)N1CCSCC1S(C)(=O)=O. The zero-order valence-electron chi connectivity index (χ0n) is 8.84. The lowest BCUT2D eigenvalue weighted by molar-refractivity contribution is -0.132. The zero-order chi connectivity index (χ0) is 11.6. The predicted molar refractivity (Wildman–Crippen MR) is 61.3 cm³/mol. The van der Waals surface area contributed by atoms with Gasteiger partial charge in [-0.15, -0.1) is 0 Å². The first-order valence-electron chi connectivity index (χ1n) is 4.66. The van der Waals surface area contributed by atoms with E-state index in [2.05, 4.69) is 0 Å². The molecular weight excluding hydrogens is 236 g/mol. The number of rotatable bonds is 2. The molecule has 1 aliphatic heterocycles. The van der Waals surface area contributed by atoms with Crippen molar-refractivity contribution in [2.24, 2.45) is 5.73 Å². The molecule has 15 heavy (non-hydrogen) atoms. The maximum absolute atomic E-state index is 11.7. The third-order valence-electron chi connectivity index (χ3n) is 2.25. The van der Waals surface area contributed by atoms with Gasteiger partial charge in [-0.05, 0) is 6.92 Å². The number of carbonyl (C=O) groups excluding carboxylic acids is 1. The number of hydrogen-bond donors (Lipinski definition) is 1. The van der Waals surface area contributed by atoms with Crippen molar-refractivity contribution in [3.8, 4) is 0 Å². The van der Waals surface area contributed by atoms with Gasteiger partial charge < -0.3 is 10.6 Å². The Bertz CT molecular complexity index is 340. The second kappa shape index (κ2) is 4.71. The van der Waals surface area contributed by atoms with E-state index in [1.165, 1.54) is 4.90 Å². The standard InChI is InChI=1S/C8H16N2O3S2/c1-6(9)8(11)10-3-4-14-5-7(10)15(2,12)13/h6-7H,3-5,9H2,1-2H3/t6-,7?/m0/s1. The highest BCUT2D eigenvalue weighted by molar-refractivity contribution is 8.00. The fraction of sp³-hybridized carbons (Fsp3) is 0.875. The molecule has 2 N–H and O–H groups in total. The summed E-state index contributed by atoms with van der Waals surface area (Å²) in [7, 11) is -3.22. The van der Waals surface area contributed by atoms with Crippen molar-refractivity contribution in [2.75, 3.05) is 24.3 Å². The number of nitrogens with zero attached hydrogens (tertiary/aromatic N) is 1. The van der Waals surface area contributed by atoms with Crippen LogP contribution in [0, 0.1) is 0 Å². The Morgan fingerprint density at radius 3 is 2.67 bits per heavy atom. The molecule has 1 fully saturated rings. The fourth-order valence-electron chi connectivity index (χ4n) is 1.45. The predicted octanol–water partition coefficient (Wildman–Crippen LogP) is -0.720. The molecule has 1 heterocycles. The highest BCUT2D eigenvalue weighted by Gasteiger charge is 2.34. The van der Waals surface area contributed by atoms with Crippen LogP contribution >= 0.6 is 11.8 Å². The van der Waals surface area contributed by atoms with Gasteiger partial charge in [0.25, 0.3) is 0 Å². The van der Waals surface area contributed by atoms with Crippen molar-refractivity contribution >= 4 is 27.5 Å². The van der Waals surface area contributed by atoms with Crippen LogP contribution in [0.5, 0.6) is 0 Å². The van der Waals surface area contributed by atoms with E-state index < -0.39 is 21.3 Å². The molecule has 1 saturated heterocycles. The second-order valence-corrected chi connectivity index (χ2v) is 7.03. The molecule has 0 radical (unpaired) electrons. The van der Waals surface area contributed by atoms with E-state index >= 15 is 0 Å². The molecular formula is C8H16N2O3S2. The van der Waals surface area contributed by atoms with Gasteiger partial charge in [-0.2, -0.15) is 11.8 Å². The number of sulfone groups is 1. The van der Waals surface area contributed by atoms with Crippen molar-refractivity contribution < 1.29 is 13.2 Å². The van der Waals surface area contributed by atoms with E-state index in [9.17, 15) is 13.2 Å². The highest BCUT2D eigenvalue weighted by atomic mass is 32.2. The Morgan fingerprint density at radius 1 is 1.60 bits per heavy atom. The minimum atomic E-state index is -3.22. The first-order chi connectivity index (χ1) is 6.84. The molecule has 0 saturated carbocycles. The van der Waals surface area contributed by atoms with Crippen LogP contribution in [-0.2, 0) is 14.6 Å². The average Bonchev–Trinajstić information content (AvgIpc) is 2.15. The molecule has 7 heteroatoms. The molecule has 0 aromatic carbocycles. The third kappa shape index (κ3) is 3.09. The van der Waals surface area contributed by atoms with E-state index in [1.54, 1.807) is 18.7 Å². The summed E-state index contributed by atoms with van der Waals surface area (Å²) in [5.41, 5.74) is 5.48. The molecule has 88 valence electrons. The highest BCUT2D eigenvalue weighted by Crippen LogP contribution is 2.20. The van der Waals surface area contributed by atoms with Crippen LogP contribution in [0.25, 0.3) is 0 Å². The quantitative estimate of drug-likeness (QED) is 0.701. The molecule has 0 spiro atoms. The van der Waals surface area contributed by atoms with Crippen LogP contribution in [0.1, 0.15) is 6.92 Å². The molecule has 2 atom stereocenters. The summed E-state index contributed by atoms with van der Waals surface area (Å²) in [5, 5.41) is -0.713. The summed E-state index contributed by atoms with van der Waals surface area (Å²) in [6.07, 6.45) is 1.16. The summed E-state index contributed by atoms with van der Waals surface area (Å²) in [6.45, 7) is 2.03. The molecule has 5 nitrogen and oxygen atoms in total. The van der Waals surface area contributed by atoms with Crippen molar-refractivity contribution in [2.45, 2.75) is 18.3 Å². The molecule has 1 amide bonds. The van der Waals surface area contributed by atoms with Gasteiger partial charge in [-0.3, -0.25) is 4.79 Å². The summed E-state index contributed by atoms with van der Waals surface area (Å²) in [5.74, 6) is 0.924. The monoisotopic (exact) mass is 252 g/mol. The number of nitrogens with two attached hydrogens (primary N) is 1. The maximum atomic E-state index is 11.7. The lowest BCUT2D eigenvalue weighted by atomic mass is 10.3. The van der Waals surface area contributed by atoms with E-state index in [-0.39, 0.29) is 5.91 Å². The van der Waals surface area contributed by atoms with E-state index in [0.717, 1.165) is 12.0 Å². The number of thioether (sulfide) groups is 1. The molecule has 0 aromatic rings. The van der Waals surface area contributed by atoms with Crippen molar-refractivity contribution in [1.29, 1.82) is 0 Å². The molecule has 0 aliphatic carbocycles. The van der Waals surface area contributed by atoms with Crippen LogP contribution in [0.2, 0.25) is 0 Å². The Balaban J connectivity index is 2.89. The molecule has 0 aromatic heterocycles. The normalized spacial score (nSPS) is 25.0. The third-order valence-corrected chi connectivity index (χ3v) is 4.89. The van der Waals surface area contributed by atoms with Gasteiger partial charge in [0.2, 0.25) is 5.91 Å². The van der Waals surface area contributed by atoms with Gasteiger partial charge in [-0.1, -0.05) is 0 Å². The molecule has 1 unspecified atom stereocenters. The first-order valence-corrected chi connectivity index (χ1v) is 7.77. The maximum Gasteiger partial charge on any atom is 0.240 e. The Hall–Kier alpha value is -0.270. The topological polar surface area (TPSA) is 80.5 Å². The number of hydrogen-bond acceptors (Lipinski definition) is 5. The summed E-state index contributed by atoms with van der Waals surface area (Å²) in [6, 6.07) is -0.641. The molecule has 1 rings (SSSR count). The van der Waals surface area contributed by atoms with Crippen molar-refractivity contribution in [1.82, 2.24) is 4.90 Å².